The molecule has 8 nitrogen and oxygen atoms in total. The maximum Gasteiger partial charge on any atom is 0.241 e. The lowest BCUT2D eigenvalue weighted by molar-refractivity contribution is 0.297. The quantitative estimate of drug-likeness (QED) is 0.364. The van der Waals surface area contributed by atoms with Crippen molar-refractivity contribution in [3.8, 4) is 11.5 Å². The van der Waals surface area contributed by atoms with Crippen molar-refractivity contribution >= 4 is 33.0 Å². The van der Waals surface area contributed by atoms with Gasteiger partial charge < -0.3 is 20.1 Å². The highest BCUT2D eigenvalue weighted by Gasteiger charge is 2.18. The Balaban J connectivity index is 1.52. The Morgan fingerprint density at radius 2 is 1.90 bits per heavy atom. The molecule has 0 amide bonds. The highest BCUT2D eigenvalue weighted by Crippen LogP contribution is 2.32. The van der Waals surface area contributed by atoms with E-state index in [1.807, 2.05) is 32.0 Å². The van der Waals surface area contributed by atoms with Crippen LogP contribution in [0.5, 0.6) is 11.5 Å². The molecule has 10 heteroatoms. The third kappa shape index (κ3) is 5.62. The molecule has 1 aromatic heterocycles. The fraction of sp³-hybridized carbons (Fsp3) is 0.421. The van der Waals surface area contributed by atoms with Crippen LogP contribution in [0.15, 0.2) is 34.2 Å². The molecule has 29 heavy (non-hydrogen) atoms. The third-order valence-corrected chi connectivity index (χ3v) is 6.91. The molecular weight excluding hydrogens is 412 g/mol. The summed E-state index contributed by atoms with van der Waals surface area (Å²) in [6.07, 6.45) is 0.848. The molecule has 2 heterocycles. The summed E-state index contributed by atoms with van der Waals surface area (Å²) in [5.41, 5.74) is 0.798. The topological polar surface area (TPSA) is 101 Å². The molecule has 0 atom stereocenters. The third-order valence-electron chi connectivity index (χ3n) is 4.23. The summed E-state index contributed by atoms with van der Waals surface area (Å²) in [5, 5.41) is 6.27. The summed E-state index contributed by atoms with van der Waals surface area (Å²) >= 11 is 1.47. The molecule has 3 N–H and O–H groups in total. The molecule has 0 aliphatic carbocycles. The van der Waals surface area contributed by atoms with Crippen molar-refractivity contribution in [2.75, 3.05) is 38.7 Å². The van der Waals surface area contributed by atoms with Gasteiger partial charge in [0, 0.05) is 48.1 Å². The van der Waals surface area contributed by atoms with Crippen LogP contribution in [-0.4, -0.2) is 47.7 Å². The Kier molecular flexibility index (Phi) is 6.99. The summed E-state index contributed by atoms with van der Waals surface area (Å²) in [7, 11) is -1.86. The predicted octanol–water partition coefficient (Wildman–Crippen LogP) is 2.49. The van der Waals surface area contributed by atoms with Gasteiger partial charge in [0.05, 0.1) is 18.1 Å². The molecule has 0 radical (unpaired) electrons. The van der Waals surface area contributed by atoms with Crippen LogP contribution in [-0.2, 0) is 10.0 Å². The molecule has 1 aromatic carbocycles. The normalized spacial score (nSPS) is 14.4. The van der Waals surface area contributed by atoms with E-state index in [0.717, 1.165) is 27.6 Å². The largest absolute Gasteiger partial charge is 0.490 e. The molecule has 158 valence electrons. The van der Waals surface area contributed by atoms with Crippen LogP contribution in [0.2, 0.25) is 0 Å². The molecule has 2 aromatic rings. The van der Waals surface area contributed by atoms with E-state index in [2.05, 4.69) is 20.3 Å². The molecule has 0 spiro atoms. The average molecular weight is 439 g/mol. The molecule has 0 unspecified atom stereocenters. The number of hydrogen-bond acceptors (Lipinski definition) is 6. The molecule has 0 saturated carbocycles. The summed E-state index contributed by atoms with van der Waals surface area (Å²) < 4.78 is 38.8. The number of ether oxygens (including phenoxy) is 2. The van der Waals surface area contributed by atoms with E-state index in [1.165, 1.54) is 11.3 Å². The molecule has 0 saturated heterocycles. The first kappa shape index (κ1) is 21.4. The zero-order valence-electron chi connectivity index (χ0n) is 16.7. The number of benzene rings is 1. The summed E-state index contributed by atoms with van der Waals surface area (Å²) in [5.74, 6) is 1.95. The number of fused-ring (bicyclic) bond motifs is 1. The van der Waals surface area contributed by atoms with E-state index in [4.69, 9.17) is 9.47 Å². The van der Waals surface area contributed by atoms with Gasteiger partial charge in [0.2, 0.25) is 10.0 Å². The standard InChI is InChI=1S/C19H26N4O4S2/c1-13-11-18(14(2)28-13)29(24,25)22-8-7-21-19(20-3)23-15-5-6-16-17(12-15)27-10-4-9-26-16/h5-6,11-12,22H,4,7-10H2,1-3H3,(H2,20,21,23). The lowest BCUT2D eigenvalue weighted by atomic mass is 10.3. The van der Waals surface area contributed by atoms with E-state index in [1.54, 1.807) is 13.1 Å². The van der Waals surface area contributed by atoms with E-state index in [9.17, 15) is 8.42 Å². The van der Waals surface area contributed by atoms with Crippen molar-refractivity contribution in [1.82, 2.24) is 10.0 Å². The number of nitrogens with one attached hydrogen (secondary N) is 3. The molecule has 0 bridgehead atoms. The maximum absolute atomic E-state index is 12.4. The number of aliphatic imine (C=N–C) groups is 1. The Bertz CT molecular complexity index is 986. The van der Waals surface area contributed by atoms with Gasteiger partial charge in [-0.1, -0.05) is 0 Å². The second kappa shape index (κ2) is 9.47. The molecule has 3 rings (SSSR count). The van der Waals surface area contributed by atoms with Gasteiger partial charge in [-0.05, 0) is 32.0 Å². The number of aryl methyl sites for hydroxylation is 2. The smallest absolute Gasteiger partial charge is 0.241 e. The molecule has 0 fully saturated rings. The number of sulfonamides is 1. The number of nitrogens with zero attached hydrogens (tertiary/aromatic N) is 1. The Hall–Kier alpha value is -2.30. The van der Waals surface area contributed by atoms with Gasteiger partial charge in [-0.25, -0.2) is 13.1 Å². The van der Waals surface area contributed by atoms with Gasteiger partial charge >= 0.3 is 0 Å². The highest BCUT2D eigenvalue weighted by atomic mass is 32.2. The summed E-state index contributed by atoms with van der Waals surface area (Å²) in [4.78, 5) is 6.27. The molecular formula is C19H26N4O4S2. The monoisotopic (exact) mass is 438 g/mol. The minimum atomic E-state index is -3.52. The minimum absolute atomic E-state index is 0.235. The van der Waals surface area contributed by atoms with Crippen molar-refractivity contribution in [1.29, 1.82) is 0 Å². The van der Waals surface area contributed by atoms with Gasteiger partial charge in [-0.15, -0.1) is 11.3 Å². The fourth-order valence-electron chi connectivity index (χ4n) is 2.88. The van der Waals surface area contributed by atoms with Crippen LogP contribution < -0.4 is 24.8 Å². The fourth-order valence-corrected chi connectivity index (χ4v) is 5.46. The molecule has 1 aliphatic heterocycles. The van der Waals surface area contributed by atoms with Crippen molar-refractivity contribution in [3.05, 3.63) is 34.0 Å². The van der Waals surface area contributed by atoms with Crippen molar-refractivity contribution in [2.24, 2.45) is 4.99 Å². The van der Waals surface area contributed by atoms with Gasteiger partial charge in [0.25, 0.3) is 0 Å². The summed E-state index contributed by atoms with van der Waals surface area (Å²) in [6.45, 7) is 5.58. The Morgan fingerprint density at radius 1 is 1.14 bits per heavy atom. The first-order chi connectivity index (χ1) is 13.9. The Labute approximate surface area is 175 Å². The number of anilines is 1. The summed E-state index contributed by atoms with van der Waals surface area (Å²) in [6, 6.07) is 7.29. The second-order valence-electron chi connectivity index (χ2n) is 6.51. The van der Waals surface area contributed by atoms with Gasteiger partial charge in [0.15, 0.2) is 17.5 Å². The van der Waals surface area contributed by atoms with Crippen molar-refractivity contribution in [2.45, 2.75) is 25.2 Å². The minimum Gasteiger partial charge on any atom is -0.490 e. The second-order valence-corrected chi connectivity index (χ2v) is 9.71. The lowest BCUT2D eigenvalue weighted by Gasteiger charge is -2.14. The number of hydrogen-bond donors (Lipinski definition) is 3. The van der Waals surface area contributed by atoms with Crippen molar-refractivity contribution in [3.63, 3.8) is 0 Å². The van der Waals surface area contributed by atoms with E-state index in [0.29, 0.717) is 36.4 Å². The zero-order valence-corrected chi connectivity index (χ0v) is 18.4. The van der Waals surface area contributed by atoms with Crippen molar-refractivity contribution < 1.29 is 17.9 Å². The highest BCUT2D eigenvalue weighted by molar-refractivity contribution is 7.89. The zero-order chi connectivity index (χ0) is 20.9. The number of thiophene rings is 1. The van der Waals surface area contributed by atoms with E-state index < -0.39 is 10.0 Å². The number of guanidine groups is 1. The van der Waals surface area contributed by atoms with Crippen LogP contribution in [0.3, 0.4) is 0 Å². The first-order valence-corrected chi connectivity index (χ1v) is 11.6. The number of rotatable bonds is 6. The van der Waals surface area contributed by atoms with Gasteiger partial charge in [0.1, 0.15) is 0 Å². The maximum atomic E-state index is 12.4. The van der Waals surface area contributed by atoms with Gasteiger partial charge in [-0.2, -0.15) is 0 Å². The lowest BCUT2D eigenvalue weighted by Crippen LogP contribution is -2.37. The SMILES string of the molecule is CN=C(NCCNS(=O)(=O)c1cc(C)sc1C)Nc1ccc2c(c1)OCCCO2. The van der Waals surface area contributed by atoms with Crippen LogP contribution in [0, 0.1) is 13.8 Å². The Morgan fingerprint density at radius 3 is 2.59 bits per heavy atom. The van der Waals surface area contributed by atoms with E-state index >= 15 is 0 Å². The van der Waals surface area contributed by atoms with Crippen LogP contribution in [0.4, 0.5) is 5.69 Å². The molecule has 1 aliphatic rings. The first-order valence-electron chi connectivity index (χ1n) is 9.33. The predicted molar refractivity (Wildman–Crippen MR) is 116 cm³/mol. The van der Waals surface area contributed by atoms with E-state index in [-0.39, 0.29) is 6.54 Å². The van der Waals surface area contributed by atoms with Crippen LogP contribution in [0.25, 0.3) is 0 Å². The van der Waals surface area contributed by atoms with Gasteiger partial charge in [-0.3, -0.25) is 4.99 Å². The van der Waals surface area contributed by atoms with Crippen LogP contribution in [0.1, 0.15) is 16.2 Å². The average Bonchev–Trinajstić information content (AvgIpc) is 2.89. The van der Waals surface area contributed by atoms with Crippen LogP contribution >= 0.6 is 11.3 Å².